The molecule has 3 aromatic rings. The van der Waals surface area contributed by atoms with Gasteiger partial charge in [0.2, 0.25) is 0 Å². The molecule has 160 valence electrons. The first kappa shape index (κ1) is 21.6. The van der Waals surface area contributed by atoms with Gasteiger partial charge in [-0.1, -0.05) is 71.7 Å². The fourth-order valence-electron chi connectivity index (χ4n) is 3.82. The summed E-state index contributed by atoms with van der Waals surface area (Å²) in [6.45, 7) is -0.0710. The van der Waals surface area contributed by atoms with Gasteiger partial charge < -0.3 is 20.3 Å². The van der Waals surface area contributed by atoms with Gasteiger partial charge in [-0.3, -0.25) is 0 Å². The molecule has 2 atom stereocenters. The number of aliphatic hydroxyl groups is 2. The van der Waals surface area contributed by atoms with Crippen LogP contribution in [0.3, 0.4) is 0 Å². The van der Waals surface area contributed by atoms with E-state index in [0.717, 1.165) is 22.3 Å². The number of aromatic nitrogens is 1. The van der Waals surface area contributed by atoms with Crippen LogP contribution in [-0.2, 0) is 4.74 Å². The Hall–Kier alpha value is -2.64. The normalized spacial score (nSPS) is 14.5. The van der Waals surface area contributed by atoms with Crippen LogP contribution in [-0.4, -0.2) is 40.5 Å². The van der Waals surface area contributed by atoms with E-state index in [2.05, 4.69) is 22.4 Å². The van der Waals surface area contributed by atoms with Crippen LogP contribution in [0, 0.1) is 0 Å². The van der Waals surface area contributed by atoms with E-state index in [0.29, 0.717) is 0 Å². The van der Waals surface area contributed by atoms with Crippen molar-refractivity contribution in [1.82, 2.24) is 10.3 Å². The predicted molar refractivity (Wildman–Crippen MR) is 118 cm³/mol. The molecule has 0 saturated heterocycles. The largest absolute Gasteiger partial charge is 0.449 e. The third-order valence-electron chi connectivity index (χ3n) is 5.36. The molecule has 6 nitrogen and oxygen atoms in total. The van der Waals surface area contributed by atoms with E-state index in [1.807, 2.05) is 36.4 Å². The van der Waals surface area contributed by atoms with Crippen molar-refractivity contribution in [2.45, 2.75) is 18.1 Å². The molecule has 0 fully saturated rings. The average Bonchev–Trinajstić information content (AvgIpc) is 3.11. The summed E-state index contributed by atoms with van der Waals surface area (Å²) in [6, 6.07) is 17.5. The first-order valence-corrected chi connectivity index (χ1v) is 10.5. The Bertz CT molecular complexity index is 1060. The number of alkyl carbamates (subject to hydrolysis) is 1. The molecule has 0 radical (unpaired) electrons. The Morgan fingerprint density at radius 1 is 1.03 bits per heavy atom. The van der Waals surface area contributed by atoms with Crippen LogP contribution in [0.4, 0.5) is 4.79 Å². The van der Waals surface area contributed by atoms with Crippen LogP contribution in [0.1, 0.15) is 28.7 Å². The zero-order valence-electron chi connectivity index (χ0n) is 16.3. The Kier molecular flexibility index (Phi) is 6.43. The molecule has 1 aliphatic rings. The maximum atomic E-state index is 12.2. The number of aliphatic hydroxyl groups excluding tert-OH is 2. The number of nitrogens with one attached hydrogen (secondary N) is 1. The lowest BCUT2D eigenvalue weighted by Crippen LogP contribution is -2.36. The zero-order valence-corrected chi connectivity index (χ0v) is 17.8. The van der Waals surface area contributed by atoms with Crippen molar-refractivity contribution in [1.29, 1.82) is 0 Å². The summed E-state index contributed by atoms with van der Waals surface area (Å²) >= 11 is 11.9. The summed E-state index contributed by atoms with van der Waals surface area (Å²) in [7, 11) is 0. The van der Waals surface area contributed by atoms with Gasteiger partial charge in [-0.15, -0.1) is 0 Å². The average molecular weight is 459 g/mol. The number of fused-ring (bicyclic) bond motifs is 3. The summed E-state index contributed by atoms with van der Waals surface area (Å²) in [5.41, 5.74) is 4.72. The standard InChI is InChI=1S/C23H20Cl2N2O4/c24-20-17(9-10-26-22(20)25)21(29)19(28)11-27-23(30)31-12-18-15-7-3-1-5-13(15)14-6-2-4-8-16(14)18/h1-10,18-19,21,28-29H,11-12H2,(H,27,30). The first-order valence-electron chi connectivity index (χ1n) is 9.72. The highest BCUT2D eigenvalue weighted by Gasteiger charge is 2.29. The monoisotopic (exact) mass is 458 g/mol. The molecule has 0 spiro atoms. The van der Waals surface area contributed by atoms with Gasteiger partial charge >= 0.3 is 6.09 Å². The number of pyridine rings is 1. The van der Waals surface area contributed by atoms with E-state index in [4.69, 9.17) is 27.9 Å². The maximum absolute atomic E-state index is 12.2. The van der Waals surface area contributed by atoms with Crippen LogP contribution < -0.4 is 5.32 Å². The van der Waals surface area contributed by atoms with Crippen molar-refractivity contribution in [2.24, 2.45) is 0 Å². The molecule has 2 unspecified atom stereocenters. The van der Waals surface area contributed by atoms with E-state index in [1.54, 1.807) is 0 Å². The Morgan fingerprint density at radius 2 is 1.65 bits per heavy atom. The number of carbonyl (C=O) groups excluding carboxylic acids is 1. The van der Waals surface area contributed by atoms with Crippen molar-refractivity contribution in [3.05, 3.63) is 87.7 Å². The first-order chi connectivity index (χ1) is 15.0. The van der Waals surface area contributed by atoms with Gasteiger partial charge in [-0.05, 0) is 28.3 Å². The van der Waals surface area contributed by atoms with Crippen molar-refractivity contribution in [3.63, 3.8) is 0 Å². The van der Waals surface area contributed by atoms with Crippen LogP contribution in [0.5, 0.6) is 0 Å². The van der Waals surface area contributed by atoms with E-state index in [9.17, 15) is 15.0 Å². The molecule has 0 saturated carbocycles. The Balaban J connectivity index is 1.35. The Labute approximate surface area is 189 Å². The van der Waals surface area contributed by atoms with Gasteiger partial charge in [0.15, 0.2) is 0 Å². The highest BCUT2D eigenvalue weighted by molar-refractivity contribution is 6.41. The van der Waals surface area contributed by atoms with E-state index < -0.39 is 18.3 Å². The molecule has 1 amide bonds. The molecule has 1 aliphatic carbocycles. The second-order valence-corrected chi connectivity index (χ2v) is 7.96. The molecule has 2 aromatic carbocycles. The number of nitrogens with zero attached hydrogens (tertiary/aromatic N) is 1. The summed E-state index contributed by atoms with van der Waals surface area (Å²) in [6.07, 6.45) is -1.97. The van der Waals surface area contributed by atoms with Crippen LogP contribution in [0.25, 0.3) is 11.1 Å². The van der Waals surface area contributed by atoms with Gasteiger partial charge in [0, 0.05) is 24.2 Å². The van der Waals surface area contributed by atoms with E-state index in [-0.39, 0.29) is 34.8 Å². The number of hydrogen-bond acceptors (Lipinski definition) is 5. The SMILES string of the molecule is O=C(NCC(O)C(O)c1ccnc(Cl)c1Cl)OCC1c2ccccc2-c2ccccc21. The third-order valence-corrected chi connectivity index (χ3v) is 6.14. The number of ether oxygens (including phenoxy) is 1. The van der Waals surface area contributed by atoms with Gasteiger partial charge in [0.05, 0.1) is 5.02 Å². The summed E-state index contributed by atoms with van der Waals surface area (Å²) in [4.78, 5) is 16.0. The highest BCUT2D eigenvalue weighted by Crippen LogP contribution is 2.44. The molecule has 3 N–H and O–H groups in total. The second-order valence-electron chi connectivity index (χ2n) is 7.22. The summed E-state index contributed by atoms with van der Waals surface area (Å²) in [5.74, 6) is -0.0635. The molecular weight excluding hydrogens is 439 g/mol. The lowest BCUT2D eigenvalue weighted by atomic mass is 9.98. The number of carbonyl (C=O) groups is 1. The van der Waals surface area contributed by atoms with Gasteiger partial charge in [-0.25, -0.2) is 9.78 Å². The fourth-order valence-corrected chi connectivity index (χ4v) is 4.21. The zero-order chi connectivity index (χ0) is 22.0. The van der Waals surface area contributed by atoms with E-state index in [1.165, 1.54) is 12.3 Å². The lowest BCUT2D eigenvalue weighted by Gasteiger charge is -2.20. The smallest absolute Gasteiger partial charge is 0.407 e. The molecule has 0 bridgehead atoms. The third kappa shape index (κ3) is 4.38. The summed E-state index contributed by atoms with van der Waals surface area (Å²) in [5, 5.41) is 23.1. The van der Waals surface area contributed by atoms with Gasteiger partial charge in [0.25, 0.3) is 0 Å². The molecule has 31 heavy (non-hydrogen) atoms. The quantitative estimate of drug-likeness (QED) is 0.478. The van der Waals surface area contributed by atoms with Crippen molar-refractivity contribution >= 4 is 29.3 Å². The van der Waals surface area contributed by atoms with Crippen LogP contribution in [0.15, 0.2) is 60.8 Å². The number of halogens is 2. The van der Waals surface area contributed by atoms with Crippen LogP contribution in [0.2, 0.25) is 10.2 Å². The molecule has 0 aliphatic heterocycles. The molecular formula is C23H20Cl2N2O4. The summed E-state index contributed by atoms with van der Waals surface area (Å²) < 4.78 is 5.42. The van der Waals surface area contributed by atoms with Gasteiger partial charge in [-0.2, -0.15) is 0 Å². The second kappa shape index (κ2) is 9.24. The molecule has 1 aromatic heterocycles. The van der Waals surface area contributed by atoms with Gasteiger partial charge in [0.1, 0.15) is 24.0 Å². The number of rotatable bonds is 6. The van der Waals surface area contributed by atoms with Crippen molar-refractivity contribution < 1.29 is 19.7 Å². The lowest BCUT2D eigenvalue weighted by molar-refractivity contribution is 0.0185. The highest BCUT2D eigenvalue weighted by atomic mass is 35.5. The molecule has 4 rings (SSSR count). The predicted octanol–water partition coefficient (Wildman–Crippen LogP) is 4.32. The minimum Gasteiger partial charge on any atom is -0.449 e. The fraction of sp³-hybridized carbons (Fsp3) is 0.217. The van der Waals surface area contributed by atoms with Crippen molar-refractivity contribution in [2.75, 3.05) is 13.2 Å². The van der Waals surface area contributed by atoms with Crippen LogP contribution >= 0.6 is 23.2 Å². The Morgan fingerprint density at radius 3 is 2.29 bits per heavy atom. The molecule has 1 heterocycles. The number of hydrogen-bond donors (Lipinski definition) is 3. The minimum atomic E-state index is -1.35. The molecule has 8 heteroatoms. The number of benzene rings is 2. The maximum Gasteiger partial charge on any atom is 0.407 e. The number of amides is 1. The van der Waals surface area contributed by atoms with E-state index >= 15 is 0 Å². The minimum absolute atomic E-state index is 0.0231. The van der Waals surface area contributed by atoms with Crippen molar-refractivity contribution in [3.8, 4) is 11.1 Å². The topological polar surface area (TPSA) is 91.7 Å².